The first kappa shape index (κ1) is 19.4. The molecule has 0 bridgehead atoms. The summed E-state index contributed by atoms with van der Waals surface area (Å²) in [7, 11) is 0. The maximum atomic E-state index is 6.11. The predicted molar refractivity (Wildman–Crippen MR) is 104 cm³/mol. The maximum Gasteiger partial charge on any atom is 0.248 e. The van der Waals surface area contributed by atoms with Crippen LogP contribution in [0.25, 0.3) is 0 Å². The Bertz CT molecular complexity index is 741. The number of hydrogen-bond donors (Lipinski definition) is 2. The Morgan fingerprint density at radius 2 is 2.04 bits per heavy atom. The van der Waals surface area contributed by atoms with Crippen LogP contribution in [0.2, 0.25) is 0 Å². The largest absolute Gasteiger partial charge is 0.373 e. The molecule has 1 aromatic carbocycles. The molecule has 2 unspecified atom stereocenters. The van der Waals surface area contributed by atoms with E-state index in [4.69, 9.17) is 9.26 Å². The molecule has 0 saturated carbocycles. The number of nitrogens with zero attached hydrogens (tertiary/aromatic N) is 3. The fraction of sp³-hybridized carbons (Fsp3) is 0.550. The molecule has 7 heteroatoms. The minimum atomic E-state index is 0.119. The van der Waals surface area contributed by atoms with Crippen LogP contribution in [0.4, 0.5) is 0 Å². The second-order valence-corrected chi connectivity index (χ2v) is 6.92. The van der Waals surface area contributed by atoms with Gasteiger partial charge in [-0.1, -0.05) is 35.0 Å². The fourth-order valence-electron chi connectivity index (χ4n) is 3.30. The lowest BCUT2D eigenvalue weighted by Gasteiger charge is -2.32. The number of benzene rings is 1. The first-order valence-corrected chi connectivity index (χ1v) is 9.65. The van der Waals surface area contributed by atoms with E-state index in [1.165, 1.54) is 11.1 Å². The van der Waals surface area contributed by atoms with Crippen molar-refractivity contribution in [2.24, 2.45) is 10.9 Å². The molecule has 2 N–H and O–H groups in total. The van der Waals surface area contributed by atoms with Crippen LogP contribution in [0.1, 0.15) is 48.7 Å². The molecular formula is C20H29N5O2. The molecule has 146 valence electrons. The molecular weight excluding hydrogens is 342 g/mol. The Labute approximate surface area is 160 Å². The van der Waals surface area contributed by atoms with Crippen molar-refractivity contribution in [1.29, 1.82) is 0 Å². The second kappa shape index (κ2) is 9.50. The number of guanidine groups is 1. The van der Waals surface area contributed by atoms with E-state index in [0.717, 1.165) is 38.5 Å². The summed E-state index contributed by atoms with van der Waals surface area (Å²) in [5.74, 6) is 2.29. The summed E-state index contributed by atoms with van der Waals surface area (Å²) >= 11 is 0. The lowest BCUT2D eigenvalue weighted by Crippen LogP contribution is -2.42. The zero-order chi connectivity index (χ0) is 19.1. The van der Waals surface area contributed by atoms with Crippen molar-refractivity contribution in [3.05, 3.63) is 47.1 Å². The number of aliphatic imine (C=N–C) groups is 1. The summed E-state index contributed by atoms with van der Waals surface area (Å²) in [5.41, 5.74) is 2.51. The van der Waals surface area contributed by atoms with Gasteiger partial charge in [0.1, 0.15) is 6.54 Å². The smallest absolute Gasteiger partial charge is 0.248 e. The first-order valence-electron chi connectivity index (χ1n) is 9.65. The molecule has 1 aromatic heterocycles. The summed E-state index contributed by atoms with van der Waals surface area (Å²) in [6, 6.07) is 8.65. The van der Waals surface area contributed by atoms with Gasteiger partial charge in [-0.25, -0.2) is 4.99 Å². The second-order valence-electron chi connectivity index (χ2n) is 6.92. The molecule has 1 saturated heterocycles. The van der Waals surface area contributed by atoms with Gasteiger partial charge in [0.2, 0.25) is 5.89 Å². The Kier molecular flexibility index (Phi) is 6.81. The van der Waals surface area contributed by atoms with E-state index in [1.807, 2.05) is 6.92 Å². The highest BCUT2D eigenvalue weighted by Crippen LogP contribution is 2.33. The van der Waals surface area contributed by atoms with E-state index in [0.29, 0.717) is 24.2 Å². The summed E-state index contributed by atoms with van der Waals surface area (Å²) in [6.07, 6.45) is 2.34. The van der Waals surface area contributed by atoms with E-state index >= 15 is 0 Å². The summed E-state index contributed by atoms with van der Waals surface area (Å²) in [6.45, 7) is 8.72. The van der Waals surface area contributed by atoms with E-state index < -0.39 is 0 Å². The quantitative estimate of drug-likeness (QED) is 0.600. The van der Waals surface area contributed by atoms with Crippen LogP contribution in [0.5, 0.6) is 0 Å². The van der Waals surface area contributed by atoms with Crippen molar-refractivity contribution in [2.45, 2.75) is 46.3 Å². The molecule has 3 rings (SSSR count). The van der Waals surface area contributed by atoms with Crippen molar-refractivity contribution in [3.63, 3.8) is 0 Å². The molecule has 7 nitrogen and oxygen atoms in total. The number of ether oxygens (including phenoxy) is 1. The summed E-state index contributed by atoms with van der Waals surface area (Å²) in [5, 5.41) is 10.5. The van der Waals surface area contributed by atoms with Crippen LogP contribution in [-0.2, 0) is 11.3 Å². The molecule has 1 aliphatic rings. The number of hydrogen-bond acceptors (Lipinski definition) is 5. The molecule has 0 aliphatic carbocycles. The van der Waals surface area contributed by atoms with Crippen molar-refractivity contribution >= 4 is 5.96 Å². The van der Waals surface area contributed by atoms with Gasteiger partial charge in [-0.15, -0.1) is 0 Å². The lowest BCUT2D eigenvalue weighted by molar-refractivity contribution is -0.0265. The molecule has 27 heavy (non-hydrogen) atoms. The van der Waals surface area contributed by atoms with Crippen LogP contribution >= 0.6 is 0 Å². The Balaban J connectivity index is 1.62. The molecule has 1 fully saturated rings. The molecule has 0 radical (unpaired) electrons. The zero-order valence-electron chi connectivity index (χ0n) is 16.4. The predicted octanol–water partition coefficient (Wildman–Crippen LogP) is 2.91. The Morgan fingerprint density at radius 3 is 2.74 bits per heavy atom. The minimum Gasteiger partial charge on any atom is -0.373 e. The average molecular weight is 371 g/mol. The lowest BCUT2D eigenvalue weighted by atomic mass is 9.89. The highest BCUT2D eigenvalue weighted by atomic mass is 16.5. The highest BCUT2D eigenvalue weighted by Gasteiger charge is 2.27. The SMILES string of the molecule is CCNC(=NCc1nc(C)no1)NCC1CCCOC1c1ccc(C)cc1. The number of aryl methyl sites for hydroxylation is 2. The van der Waals surface area contributed by atoms with Gasteiger partial charge in [0, 0.05) is 25.6 Å². The molecule has 0 spiro atoms. The van der Waals surface area contributed by atoms with Gasteiger partial charge in [0.25, 0.3) is 0 Å². The Morgan fingerprint density at radius 1 is 1.22 bits per heavy atom. The van der Waals surface area contributed by atoms with Gasteiger partial charge < -0.3 is 19.9 Å². The van der Waals surface area contributed by atoms with Crippen molar-refractivity contribution in [1.82, 2.24) is 20.8 Å². The summed E-state index contributed by atoms with van der Waals surface area (Å²) in [4.78, 5) is 8.74. The maximum absolute atomic E-state index is 6.11. The molecule has 1 aliphatic heterocycles. The molecule has 0 amide bonds. The van der Waals surface area contributed by atoms with E-state index in [1.54, 1.807) is 6.92 Å². The normalized spacial score (nSPS) is 20.5. The van der Waals surface area contributed by atoms with Crippen LogP contribution in [0.15, 0.2) is 33.8 Å². The standard InChI is InChI=1S/C20H29N5O2/c1-4-21-20(23-13-18-24-15(3)25-27-18)22-12-17-6-5-11-26-19(17)16-9-7-14(2)8-10-16/h7-10,17,19H,4-6,11-13H2,1-3H3,(H2,21,22,23). The third-order valence-electron chi connectivity index (χ3n) is 4.67. The number of aromatic nitrogens is 2. The number of rotatable bonds is 6. The number of nitrogens with one attached hydrogen (secondary N) is 2. The van der Waals surface area contributed by atoms with Crippen LogP contribution in [0, 0.1) is 19.8 Å². The van der Waals surface area contributed by atoms with Gasteiger partial charge >= 0.3 is 0 Å². The van der Waals surface area contributed by atoms with E-state index in [9.17, 15) is 0 Å². The first-order chi connectivity index (χ1) is 13.2. The third kappa shape index (κ3) is 5.53. The highest BCUT2D eigenvalue weighted by molar-refractivity contribution is 5.79. The van der Waals surface area contributed by atoms with E-state index in [-0.39, 0.29) is 6.10 Å². The summed E-state index contributed by atoms with van der Waals surface area (Å²) < 4.78 is 11.2. The van der Waals surface area contributed by atoms with Gasteiger partial charge in [-0.3, -0.25) is 0 Å². The average Bonchev–Trinajstić information content (AvgIpc) is 3.10. The van der Waals surface area contributed by atoms with Gasteiger partial charge in [-0.2, -0.15) is 4.98 Å². The molecule has 2 heterocycles. The van der Waals surface area contributed by atoms with Gasteiger partial charge in [0.05, 0.1) is 6.10 Å². The monoisotopic (exact) mass is 371 g/mol. The fourth-order valence-corrected chi connectivity index (χ4v) is 3.30. The van der Waals surface area contributed by atoms with E-state index in [2.05, 4.69) is 57.0 Å². The van der Waals surface area contributed by atoms with Gasteiger partial charge in [-0.05, 0) is 39.2 Å². The van der Waals surface area contributed by atoms with Crippen molar-refractivity contribution in [2.75, 3.05) is 19.7 Å². The minimum absolute atomic E-state index is 0.119. The molecule has 2 atom stereocenters. The topological polar surface area (TPSA) is 84.6 Å². The van der Waals surface area contributed by atoms with Gasteiger partial charge in [0.15, 0.2) is 11.8 Å². The zero-order valence-corrected chi connectivity index (χ0v) is 16.4. The third-order valence-corrected chi connectivity index (χ3v) is 4.67. The van der Waals surface area contributed by atoms with Crippen LogP contribution < -0.4 is 10.6 Å². The van der Waals surface area contributed by atoms with Crippen molar-refractivity contribution < 1.29 is 9.26 Å². The van der Waals surface area contributed by atoms with Crippen molar-refractivity contribution in [3.8, 4) is 0 Å². The Hall–Kier alpha value is -2.41. The van der Waals surface area contributed by atoms with Crippen LogP contribution in [-0.4, -0.2) is 35.8 Å². The molecule has 2 aromatic rings. The van der Waals surface area contributed by atoms with Crippen LogP contribution in [0.3, 0.4) is 0 Å².